The fourth-order valence-electron chi connectivity index (χ4n) is 6.93. The minimum absolute atomic E-state index is 0.0882. The van der Waals surface area contributed by atoms with Crippen LogP contribution in [0.2, 0.25) is 0 Å². The average Bonchev–Trinajstić information content (AvgIpc) is 2.92. The standard InChI is InChI=1S/C32H44N4O4/c1-8-40-31(38)24-18-36-25(17-26(24)37)23-15-27(39-7)30(19(2)22(23)16-28(36)32(4,5)6)21-9-10-29(34-20(21)3)35-13-11-33-12-14-35/h9-10,15,17-22,28,33H,8,11-14,16H2,1-7H3. The number of piperazine rings is 1. The van der Waals surface area contributed by atoms with Crippen molar-refractivity contribution in [1.82, 2.24) is 14.8 Å². The van der Waals surface area contributed by atoms with Crippen LogP contribution in [-0.4, -0.2) is 67.2 Å². The molecule has 8 nitrogen and oxygen atoms in total. The lowest BCUT2D eigenvalue weighted by Crippen LogP contribution is -2.47. The van der Waals surface area contributed by atoms with Crippen LogP contribution in [0.1, 0.15) is 70.1 Å². The van der Waals surface area contributed by atoms with Crippen LogP contribution in [0.5, 0.6) is 0 Å². The monoisotopic (exact) mass is 548 g/mol. The number of nitrogens with zero attached hydrogens (tertiary/aromatic N) is 3. The Morgan fingerprint density at radius 3 is 2.55 bits per heavy atom. The van der Waals surface area contributed by atoms with Gasteiger partial charge in [-0.2, -0.15) is 0 Å². The fraction of sp³-hybridized carbons (Fsp3) is 0.594. The number of aliphatic imine (C=N–C) groups is 1. The number of esters is 1. The third kappa shape index (κ3) is 5.06. The van der Waals surface area contributed by atoms with Crippen LogP contribution < -0.4 is 10.7 Å². The molecule has 0 amide bonds. The lowest BCUT2D eigenvalue weighted by atomic mass is 9.65. The van der Waals surface area contributed by atoms with Crippen molar-refractivity contribution in [3.8, 4) is 0 Å². The normalized spacial score (nSPS) is 28.4. The van der Waals surface area contributed by atoms with Crippen molar-refractivity contribution in [1.29, 1.82) is 0 Å². The molecule has 1 saturated heterocycles. The quantitative estimate of drug-likeness (QED) is 0.560. The molecule has 1 aliphatic carbocycles. The number of carbonyl (C=O) groups is 1. The summed E-state index contributed by atoms with van der Waals surface area (Å²) >= 11 is 0. The number of hydrogen-bond donors (Lipinski definition) is 1. The number of amidine groups is 1. The predicted molar refractivity (Wildman–Crippen MR) is 158 cm³/mol. The van der Waals surface area contributed by atoms with Crippen molar-refractivity contribution in [3.05, 3.63) is 63.3 Å². The smallest absolute Gasteiger partial charge is 0.343 e. The second-order valence-electron chi connectivity index (χ2n) is 12.6. The molecule has 5 atom stereocenters. The predicted octanol–water partition coefficient (Wildman–Crippen LogP) is 4.44. The molecule has 40 heavy (non-hydrogen) atoms. The van der Waals surface area contributed by atoms with Crippen LogP contribution in [0.25, 0.3) is 5.57 Å². The molecule has 1 fully saturated rings. The maximum Gasteiger partial charge on any atom is 0.343 e. The summed E-state index contributed by atoms with van der Waals surface area (Å²) in [5.41, 5.74) is 2.92. The molecule has 0 radical (unpaired) electrons. The highest BCUT2D eigenvalue weighted by Crippen LogP contribution is 2.53. The van der Waals surface area contributed by atoms with Gasteiger partial charge in [0.05, 0.1) is 19.8 Å². The highest BCUT2D eigenvalue weighted by molar-refractivity contribution is 5.94. The Morgan fingerprint density at radius 2 is 1.93 bits per heavy atom. The van der Waals surface area contributed by atoms with E-state index in [1.807, 2.05) is 0 Å². The van der Waals surface area contributed by atoms with Gasteiger partial charge in [0.2, 0.25) is 0 Å². The van der Waals surface area contributed by atoms with Gasteiger partial charge < -0.3 is 24.3 Å². The maximum atomic E-state index is 13.2. The summed E-state index contributed by atoms with van der Waals surface area (Å²) < 4.78 is 13.4. The molecule has 4 aliphatic rings. The van der Waals surface area contributed by atoms with E-state index in [0.717, 1.165) is 55.5 Å². The third-order valence-electron chi connectivity index (χ3n) is 9.08. The Morgan fingerprint density at radius 1 is 1.20 bits per heavy atom. The van der Waals surface area contributed by atoms with E-state index in [1.54, 1.807) is 26.3 Å². The number of rotatable bonds is 4. The number of nitrogens with one attached hydrogen (secondary N) is 1. The Bertz CT molecular complexity index is 1340. The second kappa shape index (κ2) is 11.0. The van der Waals surface area contributed by atoms with E-state index in [9.17, 15) is 9.59 Å². The van der Waals surface area contributed by atoms with Crippen LogP contribution in [-0.2, 0) is 9.47 Å². The lowest BCUT2D eigenvalue weighted by molar-refractivity contribution is 0.0522. The molecule has 5 unspecified atom stereocenters. The van der Waals surface area contributed by atoms with Crippen LogP contribution in [0.3, 0.4) is 0 Å². The molecule has 8 heteroatoms. The number of fused-ring (bicyclic) bond motifs is 3. The van der Waals surface area contributed by atoms with E-state index in [4.69, 9.17) is 14.5 Å². The second-order valence-corrected chi connectivity index (χ2v) is 12.6. The van der Waals surface area contributed by atoms with Crippen LogP contribution in [0, 0.1) is 23.2 Å². The van der Waals surface area contributed by atoms with Gasteiger partial charge in [-0.05, 0) is 60.8 Å². The van der Waals surface area contributed by atoms with E-state index in [2.05, 4.69) is 67.6 Å². The number of aromatic nitrogens is 1. The van der Waals surface area contributed by atoms with E-state index in [1.165, 1.54) is 5.57 Å². The molecule has 1 aromatic rings. The van der Waals surface area contributed by atoms with Gasteiger partial charge >= 0.3 is 5.97 Å². The molecule has 3 aliphatic heterocycles. The molecule has 1 N–H and O–H groups in total. The van der Waals surface area contributed by atoms with Gasteiger partial charge in [-0.1, -0.05) is 33.8 Å². The molecular weight excluding hydrogens is 504 g/mol. The summed E-state index contributed by atoms with van der Waals surface area (Å²) in [5.74, 6) is 1.90. The van der Waals surface area contributed by atoms with Gasteiger partial charge in [-0.15, -0.1) is 0 Å². The molecule has 0 spiro atoms. The van der Waals surface area contributed by atoms with Crippen molar-refractivity contribution < 1.29 is 14.3 Å². The largest absolute Gasteiger partial charge is 0.497 e. The maximum absolute atomic E-state index is 13.2. The molecular formula is C32H44N4O4. The lowest BCUT2D eigenvalue weighted by Gasteiger charge is -2.47. The molecule has 4 heterocycles. The molecule has 0 saturated carbocycles. The van der Waals surface area contributed by atoms with Gasteiger partial charge in [0.1, 0.15) is 17.2 Å². The summed E-state index contributed by atoms with van der Waals surface area (Å²) in [5, 5.41) is 3.41. The summed E-state index contributed by atoms with van der Waals surface area (Å²) in [6.45, 7) is 17.1. The summed E-state index contributed by atoms with van der Waals surface area (Å²) in [4.78, 5) is 33.3. The zero-order valence-electron chi connectivity index (χ0n) is 25.0. The van der Waals surface area contributed by atoms with Crippen LogP contribution >= 0.6 is 0 Å². The fourth-order valence-corrected chi connectivity index (χ4v) is 6.93. The first-order valence-electron chi connectivity index (χ1n) is 14.7. The van der Waals surface area contributed by atoms with E-state index in [0.29, 0.717) is 0 Å². The SMILES string of the molecule is CCOC(=O)c1cn2c(cc1=O)C1=CC(OC)=C(C3C=CC(N4CCNCC4)=NC3C)C(C)C1CC2C(C)(C)C. The number of allylic oxidation sites excluding steroid dienone is 2. The number of carbonyl (C=O) groups excluding carboxylic acids is 1. The minimum atomic E-state index is -0.567. The van der Waals surface area contributed by atoms with Crippen LogP contribution in [0.15, 0.2) is 51.6 Å². The molecule has 216 valence electrons. The molecule has 0 aromatic carbocycles. The number of methoxy groups -OCH3 is 1. The number of dihydropyridines is 1. The van der Waals surface area contributed by atoms with Gasteiger partial charge in [-0.25, -0.2) is 4.79 Å². The Kier molecular flexibility index (Phi) is 7.83. The molecule has 5 rings (SSSR count). The average molecular weight is 549 g/mol. The van der Waals surface area contributed by atoms with E-state index >= 15 is 0 Å². The Labute approximate surface area is 237 Å². The number of pyridine rings is 1. The Balaban J connectivity index is 1.57. The third-order valence-corrected chi connectivity index (χ3v) is 9.08. The summed E-state index contributed by atoms with van der Waals surface area (Å²) in [6, 6.07) is 1.82. The van der Waals surface area contributed by atoms with Crippen LogP contribution in [0.4, 0.5) is 0 Å². The van der Waals surface area contributed by atoms with Crippen molar-refractivity contribution in [2.75, 3.05) is 39.9 Å². The Hall–Kier alpha value is -3.13. The van der Waals surface area contributed by atoms with E-state index in [-0.39, 0.29) is 52.9 Å². The summed E-state index contributed by atoms with van der Waals surface area (Å²) in [6.07, 6.45) is 9.25. The van der Waals surface area contributed by atoms with Crippen molar-refractivity contribution >= 4 is 17.4 Å². The molecule has 0 bridgehead atoms. The highest BCUT2D eigenvalue weighted by atomic mass is 16.5. The van der Waals surface area contributed by atoms with Gasteiger partial charge in [-0.3, -0.25) is 9.79 Å². The first kappa shape index (κ1) is 28.4. The van der Waals surface area contributed by atoms with Gasteiger partial charge in [0, 0.05) is 56.1 Å². The summed E-state index contributed by atoms with van der Waals surface area (Å²) in [7, 11) is 1.73. The van der Waals surface area contributed by atoms with Crippen molar-refractivity contribution in [3.63, 3.8) is 0 Å². The first-order chi connectivity index (χ1) is 19.0. The topological polar surface area (TPSA) is 85.2 Å². The van der Waals surface area contributed by atoms with Crippen molar-refractivity contribution in [2.24, 2.45) is 28.2 Å². The molecule has 1 aromatic heterocycles. The van der Waals surface area contributed by atoms with Gasteiger partial charge in [0.25, 0.3) is 0 Å². The van der Waals surface area contributed by atoms with Crippen molar-refractivity contribution in [2.45, 2.75) is 60.0 Å². The van der Waals surface area contributed by atoms with Gasteiger partial charge in [0.15, 0.2) is 5.43 Å². The highest BCUT2D eigenvalue weighted by Gasteiger charge is 2.44. The number of ether oxygens (including phenoxy) is 2. The zero-order chi connectivity index (χ0) is 28.8. The zero-order valence-corrected chi connectivity index (χ0v) is 25.0. The van der Waals surface area contributed by atoms with E-state index < -0.39 is 5.97 Å². The minimum Gasteiger partial charge on any atom is -0.497 e. The number of hydrogen-bond acceptors (Lipinski definition) is 7. The first-order valence-corrected chi connectivity index (χ1v) is 14.7.